The van der Waals surface area contributed by atoms with E-state index >= 15 is 0 Å². The van der Waals surface area contributed by atoms with E-state index < -0.39 is 0 Å². The van der Waals surface area contributed by atoms with Crippen LogP contribution < -0.4 is 4.90 Å². The van der Waals surface area contributed by atoms with Gasteiger partial charge in [-0.3, -0.25) is 0 Å². The van der Waals surface area contributed by atoms with E-state index in [-0.39, 0.29) is 6.10 Å². The largest absolute Gasteiger partial charge is 0.391 e. The van der Waals surface area contributed by atoms with Crippen molar-refractivity contribution >= 4 is 28.5 Å². The Bertz CT molecular complexity index is 575. The third kappa shape index (κ3) is 2.13. The van der Waals surface area contributed by atoms with Crippen molar-refractivity contribution in [2.75, 3.05) is 18.0 Å². The molecule has 0 amide bonds. The maximum absolute atomic E-state index is 9.71. The minimum Gasteiger partial charge on any atom is -0.391 e. The lowest BCUT2D eigenvalue weighted by molar-refractivity contribution is 0.154. The fourth-order valence-corrected chi connectivity index (χ4v) is 2.57. The van der Waals surface area contributed by atoms with Crippen molar-refractivity contribution < 1.29 is 5.11 Å². The minimum atomic E-state index is -0.303. The number of β-amino-alcohol motifs (C(OH)–C–C–N with tert-alkyl or cyclic N) is 1. The van der Waals surface area contributed by atoms with E-state index in [4.69, 9.17) is 11.6 Å². The number of fused-ring (bicyclic) bond motifs is 1. The molecule has 0 spiro atoms. The van der Waals surface area contributed by atoms with Gasteiger partial charge in [0.05, 0.1) is 17.1 Å². The molecule has 5 heteroatoms. The Kier molecular flexibility index (Phi) is 3.06. The molecule has 4 nitrogen and oxygen atoms in total. The molecule has 0 saturated carbocycles. The summed E-state index contributed by atoms with van der Waals surface area (Å²) in [5, 5.41) is 10.1. The zero-order chi connectivity index (χ0) is 12.5. The highest BCUT2D eigenvalue weighted by molar-refractivity contribution is 6.32. The molecule has 94 valence electrons. The lowest BCUT2D eigenvalue weighted by Gasteiger charge is -2.31. The SMILES string of the molecule is O[C@H]1CCCN(c2nc3ccccc3nc2Cl)C1. The number of para-hydroxylation sites is 2. The van der Waals surface area contributed by atoms with E-state index in [0.717, 1.165) is 30.4 Å². The van der Waals surface area contributed by atoms with Crippen molar-refractivity contribution in [2.24, 2.45) is 0 Å². The van der Waals surface area contributed by atoms with E-state index in [2.05, 4.69) is 9.97 Å². The van der Waals surface area contributed by atoms with Crippen LogP contribution in [0.4, 0.5) is 5.82 Å². The fraction of sp³-hybridized carbons (Fsp3) is 0.385. The van der Waals surface area contributed by atoms with Gasteiger partial charge in [0.15, 0.2) is 11.0 Å². The van der Waals surface area contributed by atoms with E-state index in [0.29, 0.717) is 17.5 Å². The molecule has 1 aromatic carbocycles. The molecule has 1 aliphatic rings. The number of aromatic nitrogens is 2. The molecular weight excluding hydrogens is 250 g/mol. The molecule has 0 aliphatic carbocycles. The van der Waals surface area contributed by atoms with Crippen LogP contribution in [0.3, 0.4) is 0 Å². The van der Waals surface area contributed by atoms with Crippen LogP contribution in [0.1, 0.15) is 12.8 Å². The smallest absolute Gasteiger partial charge is 0.172 e. The van der Waals surface area contributed by atoms with Crippen LogP contribution >= 0.6 is 11.6 Å². The zero-order valence-corrected chi connectivity index (χ0v) is 10.6. The monoisotopic (exact) mass is 263 g/mol. The molecule has 2 heterocycles. The van der Waals surface area contributed by atoms with Gasteiger partial charge in [0.1, 0.15) is 0 Å². The molecule has 1 aromatic heterocycles. The summed E-state index contributed by atoms with van der Waals surface area (Å²) in [6.07, 6.45) is 1.49. The second-order valence-corrected chi connectivity index (χ2v) is 4.93. The molecule has 1 N–H and O–H groups in total. The number of anilines is 1. The summed E-state index contributed by atoms with van der Waals surface area (Å²) in [5.74, 6) is 0.675. The van der Waals surface area contributed by atoms with Crippen molar-refractivity contribution in [1.29, 1.82) is 0 Å². The second-order valence-electron chi connectivity index (χ2n) is 4.57. The molecule has 0 bridgehead atoms. The summed E-state index contributed by atoms with van der Waals surface area (Å²) in [7, 11) is 0. The Morgan fingerprint density at radius 1 is 1.22 bits per heavy atom. The predicted molar refractivity (Wildman–Crippen MR) is 72.0 cm³/mol. The van der Waals surface area contributed by atoms with Gasteiger partial charge in [-0.05, 0) is 25.0 Å². The van der Waals surface area contributed by atoms with Crippen LogP contribution in [0.2, 0.25) is 5.15 Å². The summed E-state index contributed by atoms with van der Waals surface area (Å²) in [5.41, 5.74) is 1.63. The van der Waals surface area contributed by atoms with E-state index in [1.54, 1.807) is 0 Å². The van der Waals surface area contributed by atoms with Gasteiger partial charge in [-0.1, -0.05) is 23.7 Å². The average Bonchev–Trinajstić information content (AvgIpc) is 2.38. The highest BCUT2D eigenvalue weighted by Gasteiger charge is 2.21. The lowest BCUT2D eigenvalue weighted by Crippen LogP contribution is -2.39. The molecule has 1 aliphatic heterocycles. The normalized spacial score (nSPS) is 20.3. The van der Waals surface area contributed by atoms with Crippen LogP contribution in [0.25, 0.3) is 11.0 Å². The van der Waals surface area contributed by atoms with Gasteiger partial charge in [0.2, 0.25) is 0 Å². The van der Waals surface area contributed by atoms with Gasteiger partial charge >= 0.3 is 0 Å². The number of hydrogen-bond donors (Lipinski definition) is 1. The number of halogens is 1. The number of hydrogen-bond acceptors (Lipinski definition) is 4. The average molecular weight is 264 g/mol. The number of aliphatic hydroxyl groups is 1. The fourth-order valence-electron chi connectivity index (χ4n) is 2.32. The molecule has 18 heavy (non-hydrogen) atoms. The summed E-state index contributed by atoms with van der Waals surface area (Å²) in [4.78, 5) is 10.9. The molecule has 1 fully saturated rings. The number of aliphatic hydroxyl groups excluding tert-OH is 1. The first kappa shape index (κ1) is 11.7. The van der Waals surface area contributed by atoms with Crippen molar-refractivity contribution in [2.45, 2.75) is 18.9 Å². The topological polar surface area (TPSA) is 49.2 Å². The van der Waals surface area contributed by atoms with Gasteiger partial charge in [-0.15, -0.1) is 0 Å². The van der Waals surface area contributed by atoms with Gasteiger partial charge in [-0.25, -0.2) is 9.97 Å². The van der Waals surface area contributed by atoms with Gasteiger partial charge < -0.3 is 10.0 Å². The first-order valence-electron chi connectivity index (χ1n) is 6.09. The molecular formula is C13H14ClN3O. The standard InChI is InChI=1S/C13H14ClN3O/c14-12-13(17-7-3-4-9(18)8-17)16-11-6-2-1-5-10(11)15-12/h1-2,5-6,9,18H,3-4,7-8H2/t9-/m0/s1. The Labute approximate surface area is 110 Å². The van der Waals surface area contributed by atoms with Crippen molar-refractivity contribution in [3.63, 3.8) is 0 Å². The Morgan fingerprint density at radius 3 is 2.67 bits per heavy atom. The van der Waals surface area contributed by atoms with Crippen molar-refractivity contribution in [3.05, 3.63) is 29.4 Å². The third-order valence-corrected chi connectivity index (χ3v) is 3.46. The maximum atomic E-state index is 9.71. The third-order valence-electron chi connectivity index (χ3n) is 3.21. The van der Waals surface area contributed by atoms with Crippen LogP contribution in [0.5, 0.6) is 0 Å². The number of piperidine rings is 1. The highest BCUT2D eigenvalue weighted by atomic mass is 35.5. The predicted octanol–water partition coefficient (Wildman–Crippen LogP) is 2.24. The van der Waals surface area contributed by atoms with Crippen LogP contribution in [0, 0.1) is 0 Å². The Hall–Kier alpha value is -1.39. The number of nitrogens with zero attached hydrogens (tertiary/aromatic N) is 3. The van der Waals surface area contributed by atoms with Gasteiger partial charge in [0.25, 0.3) is 0 Å². The quantitative estimate of drug-likeness (QED) is 0.857. The van der Waals surface area contributed by atoms with Gasteiger partial charge in [0, 0.05) is 13.1 Å². The molecule has 1 atom stereocenters. The second kappa shape index (κ2) is 4.71. The van der Waals surface area contributed by atoms with E-state index in [1.807, 2.05) is 29.2 Å². The highest BCUT2D eigenvalue weighted by Crippen LogP contribution is 2.26. The molecule has 0 radical (unpaired) electrons. The zero-order valence-electron chi connectivity index (χ0n) is 9.88. The van der Waals surface area contributed by atoms with Crippen LogP contribution in [0.15, 0.2) is 24.3 Å². The number of rotatable bonds is 1. The van der Waals surface area contributed by atoms with E-state index in [9.17, 15) is 5.11 Å². The summed E-state index contributed by atoms with van der Waals surface area (Å²) >= 11 is 6.19. The van der Waals surface area contributed by atoms with Crippen LogP contribution in [-0.2, 0) is 0 Å². The van der Waals surface area contributed by atoms with Crippen molar-refractivity contribution in [3.8, 4) is 0 Å². The molecule has 1 saturated heterocycles. The summed E-state index contributed by atoms with van der Waals surface area (Å²) < 4.78 is 0. The van der Waals surface area contributed by atoms with Gasteiger partial charge in [-0.2, -0.15) is 0 Å². The Balaban J connectivity index is 2.02. The first-order valence-corrected chi connectivity index (χ1v) is 6.47. The molecule has 0 unspecified atom stereocenters. The van der Waals surface area contributed by atoms with E-state index in [1.165, 1.54) is 0 Å². The molecule has 2 aromatic rings. The summed E-state index contributed by atoms with van der Waals surface area (Å²) in [6, 6.07) is 7.66. The van der Waals surface area contributed by atoms with Crippen LogP contribution in [-0.4, -0.2) is 34.3 Å². The maximum Gasteiger partial charge on any atom is 0.172 e. The summed E-state index contributed by atoms with van der Waals surface area (Å²) in [6.45, 7) is 1.44. The molecule has 3 rings (SSSR count). The Morgan fingerprint density at radius 2 is 1.94 bits per heavy atom. The first-order chi connectivity index (χ1) is 8.74. The number of benzene rings is 1. The minimum absolute atomic E-state index is 0.303. The lowest BCUT2D eigenvalue weighted by atomic mass is 10.1. The van der Waals surface area contributed by atoms with Crippen molar-refractivity contribution in [1.82, 2.24) is 9.97 Å².